The highest BCUT2D eigenvalue weighted by Gasteiger charge is 2.08. The molecule has 2 heteroatoms. The molecule has 0 aliphatic carbocycles. The third-order valence-corrected chi connectivity index (χ3v) is 2.63. The van der Waals surface area contributed by atoms with Gasteiger partial charge in [-0.15, -0.1) is 0 Å². The van der Waals surface area contributed by atoms with Crippen LogP contribution in [0.4, 0.5) is 0 Å². The van der Waals surface area contributed by atoms with Gasteiger partial charge in [-0.3, -0.25) is 4.90 Å². The van der Waals surface area contributed by atoms with E-state index in [1.54, 1.807) is 0 Å². The molecule has 1 aromatic carbocycles. The molecule has 1 aliphatic rings. The Morgan fingerprint density at radius 1 is 1.07 bits per heavy atom. The van der Waals surface area contributed by atoms with Crippen LogP contribution in [0.15, 0.2) is 36.4 Å². The molecule has 0 radical (unpaired) electrons. The minimum atomic E-state index is 0.636. The smallest absolute Gasteiger partial charge is 0.0243 e. The Hall–Kier alpha value is -1.12. The van der Waals surface area contributed by atoms with Crippen LogP contribution in [0.5, 0.6) is 0 Å². The van der Waals surface area contributed by atoms with Gasteiger partial charge in [-0.1, -0.05) is 36.4 Å². The summed E-state index contributed by atoms with van der Waals surface area (Å²) in [7, 11) is 0. The molecule has 1 heterocycles. The molecule has 0 amide bonds. The van der Waals surface area contributed by atoms with Gasteiger partial charge in [-0.05, 0) is 11.1 Å². The monoisotopic (exact) mass is 188 g/mol. The van der Waals surface area contributed by atoms with Crippen LogP contribution in [0.1, 0.15) is 11.1 Å². The SMILES string of the molecule is NCc1ccccc1CN1CC=CC1. The van der Waals surface area contributed by atoms with Crippen molar-refractivity contribution in [3.8, 4) is 0 Å². The minimum Gasteiger partial charge on any atom is -0.326 e. The van der Waals surface area contributed by atoms with E-state index in [4.69, 9.17) is 5.73 Å². The van der Waals surface area contributed by atoms with Gasteiger partial charge in [0.1, 0.15) is 0 Å². The average molecular weight is 188 g/mol. The van der Waals surface area contributed by atoms with E-state index in [-0.39, 0.29) is 0 Å². The third-order valence-electron chi connectivity index (χ3n) is 2.63. The fourth-order valence-corrected chi connectivity index (χ4v) is 1.80. The highest BCUT2D eigenvalue weighted by Crippen LogP contribution is 2.12. The number of benzene rings is 1. The second kappa shape index (κ2) is 4.40. The van der Waals surface area contributed by atoms with E-state index < -0.39 is 0 Å². The van der Waals surface area contributed by atoms with Gasteiger partial charge in [0.15, 0.2) is 0 Å². The maximum absolute atomic E-state index is 5.69. The van der Waals surface area contributed by atoms with Gasteiger partial charge in [0.2, 0.25) is 0 Å². The summed E-state index contributed by atoms with van der Waals surface area (Å²) in [6, 6.07) is 8.41. The first-order chi connectivity index (χ1) is 6.90. The molecule has 0 saturated heterocycles. The van der Waals surface area contributed by atoms with Gasteiger partial charge in [0, 0.05) is 26.2 Å². The Morgan fingerprint density at radius 3 is 2.36 bits per heavy atom. The van der Waals surface area contributed by atoms with Crippen LogP contribution >= 0.6 is 0 Å². The first kappa shape index (κ1) is 9.44. The van der Waals surface area contributed by atoms with E-state index in [2.05, 4.69) is 35.3 Å². The van der Waals surface area contributed by atoms with Crippen molar-refractivity contribution in [3.63, 3.8) is 0 Å². The molecule has 0 atom stereocenters. The Kier molecular flexibility index (Phi) is 2.96. The molecule has 74 valence electrons. The zero-order valence-electron chi connectivity index (χ0n) is 8.32. The van der Waals surface area contributed by atoms with Crippen LogP contribution in [0.25, 0.3) is 0 Å². The maximum atomic E-state index is 5.69. The van der Waals surface area contributed by atoms with E-state index in [1.807, 2.05) is 6.07 Å². The summed E-state index contributed by atoms with van der Waals surface area (Å²) in [5, 5.41) is 0. The van der Waals surface area contributed by atoms with Crippen LogP contribution in [0, 0.1) is 0 Å². The molecule has 2 nitrogen and oxygen atoms in total. The van der Waals surface area contributed by atoms with Gasteiger partial charge in [0.25, 0.3) is 0 Å². The lowest BCUT2D eigenvalue weighted by molar-refractivity contribution is 0.344. The first-order valence-corrected chi connectivity index (χ1v) is 5.04. The van der Waals surface area contributed by atoms with Crippen molar-refractivity contribution < 1.29 is 0 Å². The standard InChI is InChI=1S/C12H16N2/c13-9-11-5-1-2-6-12(11)10-14-7-3-4-8-14/h1-6H,7-10,13H2. The molecule has 1 aliphatic heterocycles. The fourth-order valence-electron chi connectivity index (χ4n) is 1.80. The van der Waals surface area contributed by atoms with Crippen molar-refractivity contribution in [2.24, 2.45) is 5.73 Å². The van der Waals surface area contributed by atoms with Gasteiger partial charge in [0.05, 0.1) is 0 Å². The minimum absolute atomic E-state index is 0.636. The predicted octanol–water partition coefficient (Wildman–Crippen LogP) is 1.52. The quantitative estimate of drug-likeness (QED) is 0.729. The topological polar surface area (TPSA) is 29.3 Å². The van der Waals surface area contributed by atoms with Crippen molar-refractivity contribution >= 4 is 0 Å². The predicted molar refractivity (Wildman–Crippen MR) is 58.8 cm³/mol. The van der Waals surface area contributed by atoms with Crippen LogP contribution in [0.2, 0.25) is 0 Å². The van der Waals surface area contributed by atoms with Gasteiger partial charge in [-0.25, -0.2) is 0 Å². The van der Waals surface area contributed by atoms with E-state index in [0.717, 1.165) is 19.6 Å². The molecule has 2 N–H and O–H groups in total. The van der Waals surface area contributed by atoms with E-state index in [9.17, 15) is 0 Å². The van der Waals surface area contributed by atoms with Crippen LogP contribution in [0.3, 0.4) is 0 Å². The van der Waals surface area contributed by atoms with Crippen molar-refractivity contribution in [1.82, 2.24) is 4.90 Å². The lowest BCUT2D eigenvalue weighted by atomic mass is 10.1. The number of nitrogens with two attached hydrogens (primary N) is 1. The summed E-state index contributed by atoms with van der Waals surface area (Å²) in [5.74, 6) is 0. The molecular weight excluding hydrogens is 172 g/mol. The van der Waals surface area contributed by atoms with E-state index >= 15 is 0 Å². The van der Waals surface area contributed by atoms with E-state index in [1.165, 1.54) is 11.1 Å². The van der Waals surface area contributed by atoms with Crippen molar-refractivity contribution in [3.05, 3.63) is 47.5 Å². The summed E-state index contributed by atoms with van der Waals surface area (Å²) in [6.45, 7) is 3.79. The second-order valence-electron chi connectivity index (χ2n) is 3.64. The third kappa shape index (κ3) is 2.03. The summed E-state index contributed by atoms with van der Waals surface area (Å²) >= 11 is 0. The van der Waals surface area contributed by atoms with Gasteiger partial charge in [-0.2, -0.15) is 0 Å². The Balaban J connectivity index is 2.07. The summed E-state index contributed by atoms with van der Waals surface area (Å²) in [5.41, 5.74) is 8.31. The molecule has 0 fully saturated rings. The largest absolute Gasteiger partial charge is 0.326 e. The van der Waals surface area contributed by atoms with Crippen LogP contribution in [-0.2, 0) is 13.1 Å². The summed E-state index contributed by atoms with van der Waals surface area (Å²) < 4.78 is 0. The molecule has 14 heavy (non-hydrogen) atoms. The first-order valence-electron chi connectivity index (χ1n) is 5.04. The highest BCUT2D eigenvalue weighted by atomic mass is 15.1. The van der Waals surface area contributed by atoms with Gasteiger partial charge >= 0.3 is 0 Å². The molecular formula is C12H16N2. The fraction of sp³-hybridized carbons (Fsp3) is 0.333. The second-order valence-corrected chi connectivity index (χ2v) is 3.64. The Morgan fingerprint density at radius 2 is 1.71 bits per heavy atom. The molecule has 1 aromatic rings. The van der Waals surface area contributed by atoms with E-state index in [0.29, 0.717) is 6.54 Å². The maximum Gasteiger partial charge on any atom is 0.0243 e. The number of hydrogen-bond acceptors (Lipinski definition) is 2. The van der Waals surface area contributed by atoms with Crippen molar-refractivity contribution in [2.45, 2.75) is 13.1 Å². The zero-order chi connectivity index (χ0) is 9.80. The summed E-state index contributed by atoms with van der Waals surface area (Å²) in [4.78, 5) is 2.40. The lowest BCUT2D eigenvalue weighted by Crippen LogP contribution is -2.20. The van der Waals surface area contributed by atoms with Gasteiger partial charge < -0.3 is 5.73 Å². The number of hydrogen-bond donors (Lipinski definition) is 1. The molecule has 0 aromatic heterocycles. The summed E-state index contributed by atoms with van der Waals surface area (Å²) in [6.07, 6.45) is 4.43. The van der Waals surface area contributed by atoms with Crippen molar-refractivity contribution in [2.75, 3.05) is 13.1 Å². The Bertz CT molecular complexity index is 323. The zero-order valence-corrected chi connectivity index (χ0v) is 8.32. The molecule has 0 bridgehead atoms. The lowest BCUT2D eigenvalue weighted by Gasteiger charge is -2.16. The average Bonchev–Trinajstić information content (AvgIpc) is 2.71. The number of nitrogens with zero attached hydrogens (tertiary/aromatic N) is 1. The molecule has 2 rings (SSSR count). The number of rotatable bonds is 3. The molecule has 0 saturated carbocycles. The molecule has 0 unspecified atom stereocenters. The normalized spacial score (nSPS) is 16.4. The highest BCUT2D eigenvalue weighted by molar-refractivity contribution is 5.27. The molecule has 0 spiro atoms. The van der Waals surface area contributed by atoms with Crippen LogP contribution in [-0.4, -0.2) is 18.0 Å². The van der Waals surface area contributed by atoms with Crippen LogP contribution < -0.4 is 5.73 Å². The van der Waals surface area contributed by atoms with Crippen molar-refractivity contribution in [1.29, 1.82) is 0 Å². The Labute approximate surface area is 85.0 Å².